The Morgan fingerprint density at radius 2 is 1.94 bits per heavy atom. The molecule has 0 saturated carbocycles. The summed E-state index contributed by atoms with van der Waals surface area (Å²) in [5, 5.41) is 0. The predicted octanol–water partition coefficient (Wildman–Crippen LogP) is 3.46. The molecule has 2 rings (SSSR count). The number of rotatable bonds is 3. The summed E-state index contributed by atoms with van der Waals surface area (Å²) in [6.07, 6.45) is 6.71. The topological polar surface area (TPSA) is 20.3 Å². The molecule has 2 heteroatoms. The van der Waals surface area contributed by atoms with Crippen LogP contribution in [-0.2, 0) is 11.2 Å². The fourth-order valence-corrected chi connectivity index (χ4v) is 2.25. The summed E-state index contributed by atoms with van der Waals surface area (Å²) < 4.78 is 0. The monoisotopic (exact) mass is 243 g/mol. The van der Waals surface area contributed by atoms with E-state index in [-0.39, 0.29) is 5.91 Å². The van der Waals surface area contributed by atoms with Gasteiger partial charge in [0.1, 0.15) is 0 Å². The highest BCUT2D eigenvalue weighted by molar-refractivity contribution is 5.83. The van der Waals surface area contributed by atoms with Gasteiger partial charge in [-0.15, -0.1) is 0 Å². The standard InChI is InChI=1S/C16H21NO/c1-4-5-7-17-8-6-14-9-12(2)13(3)10-15(14)11-16(17)18/h6,8-10H,4-5,7,11H2,1-3H3. The smallest absolute Gasteiger partial charge is 0.230 e. The van der Waals surface area contributed by atoms with Crippen LogP contribution in [0.1, 0.15) is 42.0 Å². The summed E-state index contributed by atoms with van der Waals surface area (Å²) in [4.78, 5) is 14.0. The molecule has 1 aromatic rings. The predicted molar refractivity (Wildman–Crippen MR) is 75.3 cm³/mol. The minimum Gasteiger partial charge on any atom is -0.319 e. The summed E-state index contributed by atoms with van der Waals surface area (Å²) in [7, 11) is 0. The fourth-order valence-electron chi connectivity index (χ4n) is 2.25. The van der Waals surface area contributed by atoms with Gasteiger partial charge < -0.3 is 4.90 Å². The SMILES string of the molecule is CCCCN1C=Cc2cc(C)c(C)cc2CC1=O. The second-order valence-electron chi connectivity index (χ2n) is 5.07. The van der Waals surface area contributed by atoms with Crippen molar-refractivity contribution in [3.8, 4) is 0 Å². The van der Waals surface area contributed by atoms with Gasteiger partial charge in [0.2, 0.25) is 5.91 Å². The number of hydrogen-bond acceptors (Lipinski definition) is 1. The number of fused-ring (bicyclic) bond motifs is 1. The maximum Gasteiger partial charge on any atom is 0.230 e. The molecule has 1 aromatic carbocycles. The minimum absolute atomic E-state index is 0.210. The van der Waals surface area contributed by atoms with Gasteiger partial charge in [-0.3, -0.25) is 4.79 Å². The van der Waals surface area contributed by atoms with Crippen molar-refractivity contribution in [2.75, 3.05) is 6.54 Å². The maximum atomic E-state index is 12.2. The summed E-state index contributed by atoms with van der Waals surface area (Å²) in [5.41, 5.74) is 4.88. The zero-order valence-corrected chi connectivity index (χ0v) is 11.5. The number of carbonyl (C=O) groups is 1. The Labute approximate surface area is 109 Å². The van der Waals surface area contributed by atoms with Crippen LogP contribution >= 0.6 is 0 Å². The van der Waals surface area contributed by atoms with Gasteiger partial charge in [0.15, 0.2) is 0 Å². The molecule has 0 saturated heterocycles. The third-order valence-corrected chi connectivity index (χ3v) is 3.60. The Morgan fingerprint density at radius 1 is 1.22 bits per heavy atom. The van der Waals surface area contributed by atoms with Gasteiger partial charge in [-0.1, -0.05) is 25.5 Å². The molecule has 0 aromatic heterocycles. The molecule has 0 radical (unpaired) electrons. The third kappa shape index (κ3) is 2.63. The lowest BCUT2D eigenvalue weighted by molar-refractivity contribution is -0.127. The maximum absolute atomic E-state index is 12.2. The van der Waals surface area contributed by atoms with E-state index >= 15 is 0 Å². The average Bonchev–Trinajstić information content (AvgIpc) is 2.47. The molecule has 0 spiro atoms. The van der Waals surface area contributed by atoms with E-state index in [1.807, 2.05) is 11.1 Å². The highest BCUT2D eigenvalue weighted by Gasteiger charge is 2.16. The van der Waals surface area contributed by atoms with Crippen molar-refractivity contribution in [1.82, 2.24) is 4.90 Å². The van der Waals surface area contributed by atoms with E-state index < -0.39 is 0 Å². The number of amides is 1. The van der Waals surface area contributed by atoms with E-state index in [0.717, 1.165) is 24.9 Å². The molecule has 1 heterocycles. The van der Waals surface area contributed by atoms with Crippen molar-refractivity contribution < 1.29 is 4.79 Å². The number of unbranched alkanes of at least 4 members (excludes halogenated alkanes) is 1. The molecule has 96 valence electrons. The van der Waals surface area contributed by atoms with Crippen molar-refractivity contribution in [2.45, 2.75) is 40.0 Å². The van der Waals surface area contributed by atoms with Crippen molar-refractivity contribution in [1.29, 1.82) is 0 Å². The van der Waals surface area contributed by atoms with Gasteiger partial charge in [0.25, 0.3) is 0 Å². The number of aryl methyl sites for hydroxylation is 2. The molecule has 0 aliphatic carbocycles. The third-order valence-electron chi connectivity index (χ3n) is 3.60. The molecule has 18 heavy (non-hydrogen) atoms. The highest BCUT2D eigenvalue weighted by atomic mass is 16.2. The first kappa shape index (κ1) is 12.9. The Kier molecular flexibility index (Phi) is 3.85. The van der Waals surface area contributed by atoms with Crippen LogP contribution in [0.15, 0.2) is 18.3 Å². The quantitative estimate of drug-likeness (QED) is 0.796. The van der Waals surface area contributed by atoms with Crippen LogP contribution in [0.4, 0.5) is 0 Å². The number of carbonyl (C=O) groups excluding carboxylic acids is 1. The van der Waals surface area contributed by atoms with Crippen LogP contribution in [0.3, 0.4) is 0 Å². The highest BCUT2D eigenvalue weighted by Crippen LogP contribution is 2.21. The minimum atomic E-state index is 0.210. The molecule has 0 fully saturated rings. The normalized spacial score (nSPS) is 14.6. The van der Waals surface area contributed by atoms with Crippen molar-refractivity contribution in [3.05, 3.63) is 40.6 Å². The molecule has 0 atom stereocenters. The second kappa shape index (κ2) is 5.38. The van der Waals surface area contributed by atoms with Crippen LogP contribution in [0.5, 0.6) is 0 Å². The lowest BCUT2D eigenvalue weighted by atomic mass is 9.98. The molecule has 2 nitrogen and oxygen atoms in total. The fraction of sp³-hybridized carbons (Fsp3) is 0.438. The van der Waals surface area contributed by atoms with Crippen LogP contribution in [-0.4, -0.2) is 17.4 Å². The Morgan fingerprint density at radius 3 is 2.67 bits per heavy atom. The molecule has 0 unspecified atom stereocenters. The summed E-state index contributed by atoms with van der Waals surface area (Å²) in [6.45, 7) is 7.19. The average molecular weight is 243 g/mol. The molecule has 1 aliphatic rings. The van der Waals surface area contributed by atoms with E-state index in [2.05, 4.69) is 39.0 Å². The second-order valence-corrected chi connectivity index (χ2v) is 5.07. The number of hydrogen-bond donors (Lipinski definition) is 0. The Bertz CT molecular complexity index is 488. The summed E-state index contributed by atoms with van der Waals surface area (Å²) >= 11 is 0. The van der Waals surface area contributed by atoms with Gasteiger partial charge in [0, 0.05) is 12.7 Å². The van der Waals surface area contributed by atoms with Gasteiger partial charge in [0.05, 0.1) is 6.42 Å². The summed E-state index contributed by atoms with van der Waals surface area (Å²) in [5.74, 6) is 0.210. The van der Waals surface area contributed by atoms with Crippen molar-refractivity contribution >= 4 is 12.0 Å². The first-order valence-electron chi connectivity index (χ1n) is 6.69. The summed E-state index contributed by atoms with van der Waals surface area (Å²) in [6, 6.07) is 4.33. The first-order valence-corrected chi connectivity index (χ1v) is 6.69. The molecular weight excluding hydrogens is 222 g/mol. The first-order chi connectivity index (χ1) is 8.61. The molecule has 0 N–H and O–H groups in total. The van der Waals surface area contributed by atoms with E-state index in [1.54, 1.807) is 0 Å². The van der Waals surface area contributed by atoms with Crippen LogP contribution < -0.4 is 0 Å². The van der Waals surface area contributed by atoms with E-state index in [0.29, 0.717) is 6.42 Å². The van der Waals surface area contributed by atoms with Gasteiger partial charge in [-0.2, -0.15) is 0 Å². The lowest BCUT2D eigenvalue weighted by Crippen LogP contribution is -2.27. The van der Waals surface area contributed by atoms with Gasteiger partial charge >= 0.3 is 0 Å². The van der Waals surface area contributed by atoms with Gasteiger partial charge in [-0.05, 0) is 48.6 Å². The number of benzene rings is 1. The molecule has 1 aliphatic heterocycles. The molecular formula is C16H21NO. The van der Waals surface area contributed by atoms with Crippen LogP contribution in [0.2, 0.25) is 0 Å². The van der Waals surface area contributed by atoms with Gasteiger partial charge in [-0.25, -0.2) is 0 Å². The van der Waals surface area contributed by atoms with Crippen molar-refractivity contribution in [3.63, 3.8) is 0 Å². The number of nitrogens with zero attached hydrogens (tertiary/aromatic N) is 1. The largest absolute Gasteiger partial charge is 0.319 e. The van der Waals surface area contributed by atoms with Crippen LogP contribution in [0, 0.1) is 13.8 Å². The Balaban J connectivity index is 2.27. The Hall–Kier alpha value is -1.57. The van der Waals surface area contributed by atoms with Crippen LogP contribution in [0.25, 0.3) is 6.08 Å². The zero-order chi connectivity index (χ0) is 13.1. The lowest BCUT2D eigenvalue weighted by Gasteiger charge is -2.16. The molecule has 0 bridgehead atoms. The zero-order valence-electron chi connectivity index (χ0n) is 11.5. The van der Waals surface area contributed by atoms with E-state index in [1.165, 1.54) is 16.7 Å². The van der Waals surface area contributed by atoms with Crippen molar-refractivity contribution in [2.24, 2.45) is 0 Å². The van der Waals surface area contributed by atoms with E-state index in [9.17, 15) is 4.79 Å². The van der Waals surface area contributed by atoms with E-state index in [4.69, 9.17) is 0 Å². The molecule has 1 amide bonds.